The van der Waals surface area contributed by atoms with E-state index in [-0.39, 0.29) is 30.7 Å². The van der Waals surface area contributed by atoms with Crippen LogP contribution in [0.5, 0.6) is 5.75 Å². The van der Waals surface area contributed by atoms with E-state index in [9.17, 15) is 19.4 Å². The van der Waals surface area contributed by atoms with Crippen LogP contribution in [0, 0.1) is 11.6 Å². The van der Waals surface area contributed by atoms with Crippen molar-refractivity contribution >= 4 is 34.0 Å². The van der Waals surface area contributed by atoms with E-state index in [1.54, 1.807) is 18.2 Å². The number of carbonyl (C=O) groups excluding carboxylic acids is 1. The number of amides is 1. The van der Waals surface area contributed by atoms with Gasteiger partial charge in [0, 0.05) is 36.8 Å². The predicted octanol–water partition coefficient (Wildman–Crippen LogP) is 2.26. The van der Waals surface area contributed by atoms with Crippen LogP contribution in [0.15, 0.2) is 55.1 Å². The summed E-state index contributed by atoms with van der Waals surface area (Å²) in [4.78, 5) is 23.6. The molecule has 3 heterocycles. The lowest BCUT2D eigenvalue weighted by Gasteiger charge is -2.24. The number of anilines is 3. The lowest BCUT2D eigenvalue weighted by molar-refractivity contribution is -0.118. The molecule has 0 aliphatic carbocycles. The minimum Gasteiger partial charge on any atom is -0.493 e. The number of fused-ring (bicyclic) bond motifs is 1. The van der Waals surface area contributed by atoms with Crippen molar-refractivity contribution in [1.29, 1.82) is 0 Å². The number of nitrogens with zero attached hydrogens (tertiary/aromatic N) is 6. The van der Waals surface area contributed by atoms with E-state index < -0.39 is 23.6 Å². The molecule has 1 aliphatic rings. The average Bonchev–Trinajstić information content (AvgIpc) is 3.54. The van der Waals surface area contributed by atoms with E-state index in [0.29, 0.717) is 54.9 Å². The zero-order chi connectivity index (χ0) is 28.2. The largest absolute Gasteiger partial charge is 0.493 e. The Balaban J connectivity index is 1.40. The van der Waals surface area contributed by atoms with Gasteiger partial charge in [0.2, 0.25) is 5.91 Å². The number of nitrogens with two attached hydrogens (primary N) is 1. The van der Waals surface area contributed by atoms with Crippen molar-refractivity contribution in [2.75, 3.05) is 31.2 Å². The molecule has 2 aromatic carbocycles. The maximum Gasteiger partial charge on any atom is 0.239 e. The summed E-state index contributed by atoms with van der Waals surface area (Å²) in [5, 5.41) is 24.0. The van der Waals surface area contributed by atoms with Gasteiger partial charge in [-0.2, -0.15) is 5.10 Å². The van der Waals surface area contributed by atoms with Crippen molar-refractivity contribution < 1.29 is 28.5 Å². The summed E-state index contributed by atoms with van der Waals surface area (Å²) >= 11 is 0. The van der Waals surface area contributed by atoms with Crippen LogP contribution in [-0.4, -0.2) is 79.2 Å². The fourth-order valence-corrected chi connectivity index (χ4v) is 4.92. The molecule has 1 aliphatic heterocycles. The highest BCUT2D eigenvalue weighted by Crippen LogP contribution is 2.39. The lowest BCUT2D eigenvalue weighted by Crippen LogP contribution is -2.33. The molecule has 2 aromatic heterocycles. The lowest BCUT2D eigenvalue weighted by atomic mass is 10.2. The molecule has 11 nitrogen and oxygen atoms in total. The number of halogens is 2. The van der Waals surface area contributed by atoms with Crippen molar-refractivity contribution in [2.45, 2.75) is 31.5 Å². The third-order valence-electron chi connectivity index (χ3n) is 6.74. The number of aromatic nitrogens is 4. The van der Waals surface area contributed by atoms with Crippen molar-refractivity contribution in [3.8, 4) is 5.75 Å². The SMILES string of the molecule is NC(=O)Cn1cc(N(c2cccc(F)c2F)c2ncnc3cc(OCCCN4C[C@H](O)C[C@H]4CO)ccc23)cn1. The van der Waals surface area contributed by atoms with Crippen LogP contribution < -0.4 is 15.4 Å². The fourth-order valence-electron chi connectivity index (χ4n) is 4.92. The first-order chi connectivity index (χ1) is 19.3. The van der Waals surface area contributed by atoms with E-state index in [2.05, 4.69) is 20.0 Å². The number of aliphatic hydroxyl groups excluding tert-OH is 2. The van der Waals surface area contributed by atoms with Gasteiger partial charge in [0.05, 0.1) is 42.4 Å². The van der Waals surface area contributed by atoms with Crippen LogP contribution in [0.2, 0.25) is 0 Å². The summed E-state index contributed by atoms with van der Waals surface area (Å²) in [6.45, 7) is 1.44. The molecule has 1 amide bonds. The van der Waals surface area contributed by atoms with Crippen LogP contribution in [0.1, 0.15) is 12.8 Å². The summed E-state index contributed by atoms with van der Waals surface area (Å²) in [6, 6.07) is 8.97. The molecule has 0 saturated carbocycles. The molecule has 5 rings (SSSR count). The average molecular weight is 554 g/mol. The van der Waals surface area contributed by atoms with Gasteiger partial charge < -0.3 is 20.7 Å². The topological polar surface area (TPSA) is 143 Å². The predicted molar refractivity (Wildman–Crippen MR) is 142 cm³/mol. The number of rotatable bonds is 11. The smallest absolute Gasteiger partial charge is 0.239 e. The van der Waals surface area contributed by atoms with Crippen LogP contribution in [-0.2, 0) is 11.3 Å². The third kappa shape index (κ3) is 5.86. The van der Waals surface area contributed by atoms with Crippen LogP contribution in [0.4, 0.5) is 26.0 Å². The van der Waals surface area contributed by atoms with Crippen molar-refractivity contribution in [3.05, 3.63) is 66.8 Å². The normalized spacial score (nSPS) is 17.4. The first kappa shape index (κ1) is 27.4. The number of ether oxygens (including phenoxy) is 1. The molecular formula is C27H29F2N7O4. The number of likely N-dealkylation sites (tertiary alicyclic amines) is 1. The summed E-state index contributed by atoms with van der Waals surface area (Å²) in [5.74, 6) is -1.89. The summed E-state index contributed by atoms with van der Waals surface area (Å²) in [6.07, 6.45) is 5.03. The molecule has 0 radical (unpaired) electrons. The zero-order valence-electron chi connectivity index (χ0n) is 21.5. The van der Waals surface area contributed by atoms with E-state index in [0.717, 1.165) is 6.07 Å². The highest BCUT2D eigenvalue weighted by atomic mass is 19.2. The second kappa shape index (κ2) is 11.9. The van der Waals surface area contributed by atoms with Gasteiger partial charge >= 0.3 is 0 Å². The number of hydrogen-bond acceptors (Lipinski definition) is 9. The van der Waals surface area contributed by atoms with Gasteiger partial charge in [-0.3, -0.25) is 19.3 Å². The molecule has 40 heavy (non-hydrogen) atoms. The Hall–Kier alpha value is -4.20. The number of β-amino-alcohol motifs (C(OH)–C–C–N with tert-alkyl or cyclic N) is 1. The third-order valence-corrected chi connectivity index (χ3v) is 6.74. The molecule has 4 N–H and O–H groups in total. The summed E-state index contributed by atoms with van der Waals surface area (Å²) in [5.41, 5.74) is 6.02. The number of benzene rings is 2. The van der Waals surface area contributed by atoms with Crippen molar-refractivity contribution in [2.24, 2.45) is 5.73 Å². The monoisotopic (exact) mass is 553 g/mol. The second-order valence-electron chi connectivity index (χ2n) is 9.57. The molecule has 0 bridgehead atoms. The molecule has 0 spiro atoms. The van der Waals surface area contributed by atoms with E-state index in [4.69, 9.17) is 10.5 Å². The molecule has 1 saturated heterocycles. The molecule has 4 aromatic rings. The van der Waals surface area contributed by atoms with Gasteiger partial charge in [-0.05, 0) is 37.1 Å². The standard InChI is InChI=1S/C27H29F2N7O4/c28-22-3-1-4-24(26(22)29)36(18-11-33-35(12-18)14-25(30)39)27-21-6-5-20(10-23(21)31-16-32-27)40-8-2-7-34-13-19(38)9-17(34)15-37/h1,3-6,10-12,16-17,19,37-38H,2,7-9,13-15H2,(H2,30,39)/t17-,19+/m0/s1. The molecule has 13 heteroatoms. The zero-order valence-corrected chi connectivity index (χ0v) is 21.5. The minimum atomic E-state index is -1.08. The molecule has 210 valence electrons. The van der Waals surface area contributed by atoms with Crippen molar-refractivity contribution in [3.63, 3.8) is 0 Å². The van der Waals surface area contributed by atoms with Gasteiger partial charge in [0.1, 0.15) is 24.4 Å². The number of aliphatic hydroxyl groups is 2. The van der Waals surface area contributed by atoms with Crippen LogP contribution in [0.25, 0.3) is 10.9 Å². The molecular weight excluding hydrogens is 524 g/mol. The number of hydrogen-bond donors (Lipinski definition) is 3. The first-order valence-electron chi connectivity index (χ1n) is 12.8. The van der Waals surface area contributed by atoms with E-state index >= 15 is 4.39 Å². The minimum absolute atomic E-state index is 0.00704. The van der Waals surface area contributed by atoms with E-state index in [1.165, 1.54) is 40.4 Å². The Kier molecular flexibility index (Phi) is 8.14. The summed E-state index contributed by atoms with van der Waals surface area (Å²) in [7, 11) is 0. The van der Waals surface area contributed by atoms with Crippen molar-refractivity contribution in [1.82, 2.24) is 24.6 Å². The van der Waals surface area contributed by atoms with Crippen LogP contribution in [0.3, 0.4) is 0 Å². The Morgan fingerprint density at radius 2 is 2.08 bits per heavy atom. The van der Waals surface area contributed by atoms with Gasteiger partial charge in [-0.1, -0.05) is 6.07 Å². The van der Waals surface area contributed by atoms with Gasteiger partial charge in [0.25, 0.3) is 0 Å². The molecule has 0 unspecified atom stereocenters. The maximum atomic E-state index is 15.0. The highest BCUT2D eigenvalue weighted by Gasteiger charge is 2.29. The quantitative estimate of drug-likeness (QED) is 0.238. The van der Waals surface area contributed by atoms with Gasteiger partial charge in [-0.15, -0.1) is 0 Å². The van der Waals surface area contributed by atoms with Crippen LogP contribution >= 0.6 is 0 Å². The fraction of sp³-hybridized carbons (Fsp3) is 0.333. The maximum absolute atomic E-state index is 15.0. The molecule has 1 fully saturated rings. The summed E-state index contributed by atoms with van der Waals surface area (Å²) < 4.78 is 36.5. The second-order valence-corrected chi connectivity index (χ2v) is 9.57. The number of primary amides is 1. The Morgan fingerprint density at radius 3 is 2.88 bits per heavy atom. The van der Waals surface area contributed by atoms with Gasteiger partial charge in [-0.25, -0.2) is 18.7 Å². The Bertz CT molecular complexity index is 1500. The van der Waals surface area contributed by atoms with Gasteiger partial charge in [0.15, 0.2) is 11.6 Å². The first-order valence-corrected chi connectivity index (χ1v) is 12.8. The Morgan fingerprint density at radius 1 is 1.23 bits per heavy atom. The Labute approximate surface area is 228 Å². The number of carbonyl (C=O) groups is 1. The highest BCUT2D eigenvalue weighted by molar-refractivity contribution is 5.95. The van der Waals surface area contributed by atoms with E-state index in [1.807, 2.05) is 0 Å². The molecule has 2 atom stereocenters.